The Balaban J connectivity index is 1.33. The van der Waals surface area contributed by atoms with Crippen LogP contribution >= 0.6 is 0 Å². The van der Waals surface area contributed by atoms with Crippen molar-refractivity contribution < 1.29 is 9.53 Å². The van der Waals surface area contributed by atoms with Gasteiger partial charge in [0.05, 0.1) is 11.4 Å². The maximum absolute atomic E-state index is 12.4. The monoisotopic (exact) mass is 333 g/mol. The molecule has 0 fully saturated rings. The predicted molar refractivity (Wildman–Crippen MR) is 95.0 cm³/mol. The van der Waals surface area contributed by atoms with Gasteiger partial charge in [-0.2, -0.15) is 5.10 Å². The summed E-state index contributed by atoms with van der Waals surface area (Å²) in [6, 6.07) is 19.7. The number of nitrogens with zero attached hydrogens (tertiary/aromatic N) is 2. The Labute approximate surface area is 146 Å². The molecule has 0 saturated carbocycles. The van der Waals surface area contributed by atoms with E-state index in [1.807, 2.05) is 71.5 Å². The first-order chi connectivity index (χ1) is 12.3. The number of benzene rings is 2. The van der Waals surface area contributed by atoms with Crippen molar-refractivity contribution in [2.24, 2.45) is 0 Å². The van der Waals surface area contributed by atoms with Gasteiger partial charge in [-0.25, -0.2) is 4.68 Å². The Morgan fingerprint density at radius 2 is 1.92 bits per heavy atom. The molecule has 1 aliphatic rings. The standard InChI is InChI=1S/C20H19N3O2/c24-20(18-14-25-19-9-5-4-8-17(18)19)21-12-10-15-11-13-23(22-15)16-6-2-1-3-7-16/h1-9,11,13,18H,10,12,14H2,(H,21,24)/t18-/m1/s1. The molecule has 5 heteroatoms. The lowest BCUT2D eigenvalue weighted by molar-refractivity contribution is -0.122. The number of ether oxygens (including phenoxy) is 1. The van der Waals surface area contributed by atoms with Gasteiger partial charge in [0.25, 0.3) is 0 Å². The first kappa shape index (κ1) is 15.4. The average molecular weight is 333 g/mol. The summed E-state index contributed by atoms with van der Waals surface area (Å²) in [7, 11) is 0. The maximum atomic E-state index is 12.4. The van der Waals surface area contributed by atoms with E-state index in [0.29, 0.717) is 19.6 Å². The molecule has 2 heterocycles. The van der Waals surface area contributed by atoms with Crippen LogP contribution in [0.5, 0.6) is 5.75 Å². The van der Waals surface area contributed by atoms with Crippen molar-refractivity contribution in [2.75, 3.05) is 13.2 Å². The second-order valence-corrected chi connectivity index (χ2v) is 6.03. The van der Waals surface area contributed by atoms with Gasteiger partial charge in [0.1, 0.15) is 18.3 Å². The Hall–Kier alpha value is -3.08. The molecule has 5 nitrogen and oxygen atoms in total. The zero-order chi connectivity index (χ0) is 17.1. The van der Waals surface area contributed by atoms with Crippen molar-refractivity contribution in [1.82, 2.24) is 15.1 Å². The van der Waals surface area contributed by atoms with Gasteiger partial charge in [-0.15, -0.1) is 0 Å². The van der Waals surface area contributed by atoms with E-state index in [4.69, 9.17) is 4.74 Å². The number of aromatic nitrogens is 2. The Morgan fingerprint density at radius 1 is 1.12 bits per heavy atom. The van der Waals surface area contributed by atoms with Gasteiger partial charge in [0, 0.05) is 24.7 Å². The lowest BCUT2D eigenvalue weighted by Gasteiger charge is -2.09. The maximum Gasteiger partial charge on any atom is 0.231 e. The van der Waals surface area contributed by atoms with E-state index < -0.39 is 0 Å². The lowest BCUT2D eigenvalue weighted by atomic mass is 10.0. The first-order valence-electron chi connectivity index (χ1n) is 8.41. The summed E-state index contributed by atoms with van der Waals surface area (Å²) in [5.41, 5.74) is 2.94. The van der Waals surface area contributed by atoms with E-state index >= 15 is 0 Å². The van der Waals surface area contributed by atoms with Crippen LogP contribution in [0.1, 0.15) is 17.2 Å². The summed E-state index contributed by atoms with van der Waals surface area (Å²) in [6.07, 6.45) is 2.63. The van der Waals surface area contributed by atoms with Crippen molar-refractivity contribution in [3.63, 3.8) is 0 Å². The highest BCUT2D eigenvalue weighted by atomic mass is 16.5. The number of hydrogen-bond acceptors (Lipinski definition) is 3. The second kappa shape index (κ2) is 6.81. The van der Waals surface area contributed by atoms with Gasteiger partial charge in [-0.1, -0.05) is 36.4 Å². The smallest absolute Gasteiger partial charge is 0.231 e. The largest absolute Gasteiger partial charge is 0.492 e. The zero-order valence-electron chi connectivity index (χ0n) is 13.8. The fourth-order valence-corrected chi connectivity index (χ4v) is 3.04. The second-order valence-electron chi connectivity index (χ2n) is 6.03. The van der Waals surface area contributed by atoms with Crippen LogP contribution in [0.4, 0.5) is 0 Å². The number of rotatable bonds is 5. The SMILES string of the molecule is O=C(NCCc1ccn(-c2ccccc2)n1)[C@@H]1COc2ccccc21. The van der Waals surface area contributed by atoms with E-state index in [-0.39, 0.29) is 11.8 Å². The summed E-state index contributed by atoms with van der Waals surface area (Å²) in [5.74, 6) is 0.592. The van der Waals surface area contributed by atoms with Crippen LogP contribution in [0.3, 0.4) is 0 Å². The number of fused-ring (bicyclic) bond motifs is 1. The van der Waals surface area contributed by atoms with Gasteiger partial charge in [-0.3, -0.25) is 4.79 Å². The van der Waals surface area contributed by atoms with E-state index in [9.17, 15) is 4.79 Å². The molecule has 25 heavy (non-hydrogen) atoms. The minimum absolute atomic E-state index is 0.00689. The summed E-state index contributed by atoms with van der Waals surface area (Å²) in [4.78, 5) is 12.4. The summed E-state index contributed by atoms with van der Waals surface area (Å²) < 4.78 is 7.42. The van der Waals surface area contributed by atoms with E-state index in [0.717, 1.165) is 22.7 Å². The van der Waals surface area contributed by atoms with Crippen LogP contribution in [0.25, 0.3) is 5.69 Å². The van der Waals surface area contributed by atoms with Gasteiger partial charge >= 0.3 is 0 Å². The topological polar surface area (TPSA) is 56.2 Å². The third-order valence-corrected chi connectivity index (χ3v) is 4.36. The predicted octanol–water partition coefficient (Wildman–Crippen LogP) is 2.71. The van der Waals surface area contributed by atoms with Gasteiger partial charge < -0.3 is 10.1 Å². The van der Waals surface area contributed by atoms with Crippen molar-refractivity contribution in [3.8, 4) is 11.4 Å². The van der Waals surface area contributed by atoms with Gasteiger partial charge in [0.15, 0.2) is 0 Å². The minimum Gasteiger partial charge on any atom is -0.492 e. The number of para-hydroxylation sites is 2. The van der Waals surface area contributed by atoms with Crippen molar-refractivity contribution >= 4 is 5.91 Å². The molecule has 0 spiro atoms. The van der Waals surface area contributed by atoms with Crippen LogP contribution in [-0.4, -0.2) is 28.8 Å². The molecule has 1 atom stereocenters. The van der Waals surface area contributed by atoms with Gasteiger partial charge in [-0.05, 0) is 24.3 Å². The van der Waals surface area contributed by atoms with E-state index in [1.54, 1.807) is 0 Å². The molecule has 0 aliphatic carbocycles. The van der Waals surface area contributed by atoms with E-state index in [2.05, 4.69) is 10.4 Å². The number of amides is 1. The number of carbonyl (C=O) groups excluding carboxylic acids is 1. The molecule has 3 aromatic rings. The Kier molecular flexibility index (Phi) is 4.21. The molecule has 0 unspecified atom stereocenters. The Morgan fingerprint density at radius 3 is 2.80 bits per heavy atom. The molecule has 1 aromatic heterocycles. The van der Waals surface area contributed by atoms with Gasteiger partial charge in [0.2, 0.25) is 5.91 Å². The summed E-state index contributed by atoms with van der Waals surface area (Å²) in [5, 5.41) is 7.55. The van der Waals surface area contributed by atoms with Crippen LogP contribution < -0.4 is 10.1 Å². The molecule has 0 saturated heterocycles. The molecule has 0 bridgehead atoms. The van der Waals surface area contributed by atoms with Crippen LogP contribution in [-0.2, 0) is 11.2 Å². The summed E-state index contributed by atoms with van der Waals surface area (Å²) in [6.45, 7) is 0.969. The minimum atomic E-state index is -0.224. The molecule has 126 valence electrons. The van der Waals surface area contributed by atoms with Crippen molar-refractivity contribution in [3.05, 3.63) is 78.1 Å². The Bertz CT molecular complexity index is 873. The summed E-state index contributed by atoms with van der Waals surface area (Å²) >= 11 is 0. The first-order valence-corrected chi connectivity index (χ1v) is 8.41. The molecule has 1 aliphatic heterocycles. The van der Waals surface area contributed by atoms with E-state index in [1.165, 1.54) is 0 Å². The highest BCUT2D eigenvalue weighted by Gasteiger charge is 2.29. The number of carbonyl (C=O) groups is 1. The lowest BCUT2D eigenvalue weighted by Crippen LogP contribution is -2.31. The average Bonchev–Trinajstić information content (AvgIpc) is 3.29. The highest BCUT2D eigenvalue weighted by Crippen LogP contribution is 2.33. The third kappa shape index (κ3) is 3.26. The highest BCUT2D eigenvalue weighted by molar-refractivity contribution is 5.85. The third-order valence-electron chi connectivity index (χ3n) is 4.36. The molecule has 2 aromatic carbocycles. The number of nitrogens with one attached hydrogen (secondary N) is 1. The zero-order valence-corrected chi connectivity index (χ0v) is 13.8. The fourth-order valence-electron chi connectivity index (χ4n) is 3.04. The molecular formula is C20H19N3O2. The normalized spacial score (nSPS) is 15.4. The molecule has 4 rings (SSSR count). The molecular weight excluding hydrogens is 314 g/mol. The van der Waals surface area contributed by atoms with Crippen molar-refractivity contribution in [2.45, 2.75) is 12.3 Å². The van der Waals surface area contributed by atoms with Crippen molar-refractivity contribution in [1.29, 1.82) is 0 Å². The van der Waals surface area contributed by atoms with Crippen LogP contribution in [0.15, 0.2) is 66.9 Å². The molecule has 1 N–H and O–H groups in total. The fraction of sp³-hybridized carbons (Fsp3) is 0.200. The molecule has 1 amide bonds. The molecule has 0 radical (unpaired) electrons. The quantitative estimate of drug-likeness (QED) is 0.781. The number of hydrogen-bond donors (Lipinski definition) is 1. The van der Waals surface area contributed by atoms with Crippen LogP contribution in [0.2, 0.25) is 0 Å². The van der Waals surface area contributed by atoms with Crippen LogP contribution in [0, 0.1) is 0 Å².